The summed E-state index contributed by atoms with van der Waals surface area (Å²) in [5.41, 5.74) is -1.93. The van der Waals surface area contributed by atoms with E-state index in [0.29, 0.717) is 12.8 Å². The Hall–Kier alpha value is -1.36. The van der Waals surface area contributed by atoms with Crippen LogP contribution in [-0.2, 0) is 14.3 Å². The molecule has 0 aromatic heterocycles. The van der Waals surface area contributed by atoms with Crippen molar-refractivity contribution < 1.29 is 18.7 Å². The molecule has 0 aromatic carbocycles. The monoisotopic (exact) mass is 390 g/mol. The van der Waals surface area contributed by atoms with Crippen LogP contribution in [0.25, 0.3) is 0 Å². The van der Waals surface area contributed by atoms with Crippen molar-refractivity contribution >= 4 is 23.5 Å². The predicted octanol–water partition coefficient (Wildman–Crippen LogP) is 4.78. The van der Waals surface area contributed by atoms with E-state index in [2.05, 4.69) is 19.3 Å². The van der Waals surface area contributed by atoms with Crippen LogP contribution in [0.1, 0.15) is 46.5 Å². The van der Waals surface area contributed by atoms with Gasteiger partial charge in [0.15, 0.2) is 11.5 Å². The van der Waals surface area contributed by atoms with Gasteiger partial charge < -0.3 is 4.74 Å². The minimum absolute atomic E-state index is 0.0820. The molecule has 4 aliphatic carbocycles. The fourth-order valence-electron chi connectivity index (χ4n) is 6.35. The molecule has 0 heterocycles. The van der Waals surface area contributed by atoms with Crippen LogP contribution in [0.3, 0.4) is 0 Å². The van der Waals surface area contributed by atoms with Crippen molar-refractivity contribution in [1.29, 1.82) is 0 Å². The van der Waals surface area contributed by atoms with Crippen LogP contribution in [0.2, 0.25) is 0 Å². The highest BCUT2D eigenvalue weighted by Gasteiger charge is 2.70. The first kappa shape index (κ1) is 19.0. The molecule has 5 heteroatoms. The van der Waals surface area contributed by atoms with Crippen molar-refractivity contribution in [3.63, 3.8) is 0 Å². The maximum atomic E-state index is 17.2. The molecule has 146 valence electrons. The largest absolute Gasteiger partial charge is 0.459 e. The van der Waals surface area contributed by atoms with Gasteiger partial charge in [0.25, 0.3) is 0 Å². The van der Waals surface area contributed by atoms with E-state index in [-0.39, 0.29) is 23.0 Å². The van der Waals surface area contributed by atoms with E-state index >= 15 is 4.39 Å². The molecule has 4 rings (SSSR count). The molecule has 0 aliphatic heterocycles. The molecule has 0 spiro atoms. The molecule has 0 radical (unpaired) electrons. The molecule has 4 aliphatic rings. The Bertz CT molecular complexity index is 799. The van der Waals surface area contributed by atoms with Gasteiger partial charge in [-0.15, -0.1) is 11.8 Å². The Kier molecular flexibility index (Phi) is 4.26. The van der Waals surface area contributed by atoms with Crippen LogP contribution >= 0.6 is 11.8 Å². The first-order valence-corrected chi connectivity index (χ1v) is 10.9. The molecule has 27 heavy (non-hydrogen) atoms. The zero-order valence-electron chi connectivity index (χ0n) is 16.4. The average molecular weight is 391 g/mol. The fourth-order valence-corrected chi connectivity index (χ4v) is 7.32. The summed E-state index contributed by atoms with van der Waals surface area (Å²) >= 11 is 1.73. The molecule has 0 N–H and O–H groups in total. The zero-order chi connectivity index (χ0) is 19.6. The lowest BCUT2D eigenvalue weighted by molar-refractivity contribution is -0.205. The van der Waals surface area contributed by atoms with Crippen molar-refractivity contribution in [2.24, 2.45) is 22.7 Å². The number of fused-ring (bicyclic) bond motifs is 5. The highest BCUT2D eigenvalue weighted by atomic mass is 32.2. The summed E-state index contributed by atoms with van der Waals surface area (Å²) in [5, 5.41) is 0. The number of halogens is 1. The number of esters is 1. The van der Waals surface area contributed by atoms with Gasteiger partial charge in [-0.05, 0) is 61.8 Å². The van der Waals surface area contributed by atoms with Crippen LogP contribution in [0, 0.1) is 22.7 Å². The van der Waals surface area contributed by atoms with Crippen LogP contribution in [0.15, 0.2) is 34.8 Å². The normalized spacial score (nSPS) is 45.4. The van der Waals surface area contributed by atoms with Gasteiger partial charge >= 0.3 is 5.97 Å². The number of thioether (sulfide) groups is 1. The third-order valence-corrected chi connectivity index (χ3v) is 8.73. The molecule has 6 atom stereocenters. The molecule has 0 saturated heterocycles. The summed E-state index contributed by atoms with van der Waals surface area (Å²) < 4.78 is 22.9. The Balaban J connectivity index is 1.85. The number of hydrogen-bond donors (Lipinski definition) is 0. The van der Waals surface area contributed by atoms with E-state index in [4.69, 9.17) is 4.74 Å². The molecule has 0 bridgehead atoms. The molecule has 0 aromatic rings. The van der Waals surface area contributed by atoms with E-state index < -0.39 is 23.2 Å². The van der Waals surface area contributed by atoms with Gasteiger partial charge in [-0.25, -0.2) is 4.39 Å². The van der Waals surface area contributed by atoms with Crippen molar-refractivity contribution in [3.8, 4) is 0 Å². The van der Waals surface area contributed by atoms with E-state index in [9.17, 15) is 9.59 Å². The number of alkyl halides is 1. The van der Waals surface area contributed by atoms with Crippen LogP contribution in [-0.4, -0.2) is 29.8 Å². The second-order valence-electron chi connectivity index (χ2n) is 8.86. The lowest BCUT2D eigenvalue weighted by Gasteiger charge is -2.62. The van der Waals surface area contributed by atoms with Crippen molar-refractivity contribution in [2.45, 2.75) is 58.2 Å². The fraction of sp³-hybridized carbons (Fsp3) is 0.636. The summed E-state index contributed by atoms with van der Waals surface area (Å²) in [4.78, 5) is 25.1. The second-order valence-corrected chi connectivity index (χ2v) is 9.70. The summed E-state index contributed by atoms with van der Waals surface area (Å²) in [6, 6.07) is 0. The summed E-state index contributed by atoms with van der Waals surface area (Å²) in [6.07, 6.45) is 11.1. The Labute approximate surface area is 164 Å². The first-order valence-electron chi connectivity index (χ1n) is 9.72. The van der Waals surface area contributed by atoms with E-state index in [0.717, 1.165) is 18.4 Å². The van der Waals surface area contributed by atoms with Crippen molar-refractivity contribution in [3.05, 3.63) is 34.8 Å². The van der Waals surface area contributed by atoms with Gasteiger partial charge in [0, 0.05) is 23.7 Å². The summed E-state index contributed by atoms with van der Waals surface area (Å²) in [7, 11) is 0. The van der Waals surface area contributed by atoms with E-state index in [1.165, 1.54) is 17.9 Å². The number of carbonyl (C=O) groups excluding carboxylic acids is 2. The number of ether oxygens (including phenoxy) is 1. The van der Waals surface area contributed by atoms with Crippen molar-refractivity contribution in [1.82, 2.24) is 0 Å². The van der Waals surface area contributed by atoms with Gasteiger partial charge in [-0.2, -0.15) is 0 Å². The lowest BCUT2D eigenvalue weighted by Crippen LogP contribution is -2.67. The van der Waals surface area contributed by atoms with Gasteiger partial charge in [0.05, 0.1) is 0 Å². The molecular weight excluding hydrogens is 363 g/mol. The first-order chi connectivity index (χ1) is 12.7. The maximum Gasteiger partial charge on any atom is 0.303 e. The van der Waals surface area contributed by atoms with Crippen LogP contribution in [0.5, 0.6) is 0 Å². The third kappa shape index (κ3) is 2.39. The summed E-state index contributed by atoms with van der Waals surface area (Å²) in [6.45, 7) is 5.44. The third-order valence-electron chi connectivity index (χ3n) is 7.66. The Morgan fingerprint density at radius 1 is 1.33 bits per heavy atom. The molecule has 2 saturated carbocycles. The molecule has 0 amide bonds. The van der Waals surface area contributed by atoms with E-state index in [1.807, 2.05) is 6.92 Å². The second kappa shape index (κ2) is 6.07. The molecular formula is C22H27FO3S. The molecule has 2 fully saturated rings. The van der Waals surface area contributed by atoms with Gasteiger partial charge in [-0.1, -0.05) is 24.6 Å². The van der Waals surface area contributed by atoms with Crippen LogP contribution < -0.4 is 0 Å². The van der Waals surface area contributed by atoms with Gasteiger partial charge in [0.1, 0.15) is 6.10 Å². The molecule has 1 unspecified atom stereocenters. The molecule has 3 nitrogen and oxygen atoms in total. The summed E-state index contributed by atoms with van der Waals surface area (Å²) in [5.74, 6) is -0.537. The Morgan fingerprint density at radius 3 is 2.74 bits per heavy atom. The topological polar surface area (TPSA) is 43.4 Å². The lowest BCUT2D eigenvalue weighted by atomic mass is 9.46. The SMILES string of the molecule is CSC1=CC[C@H]2[C@@H]3CCC4=CC(=O)C=C[C@]4(C)C3(F)[C@@H](OC(C)=O)C[C@]12C. The number of rotatable bonds is 2. The smallest absolute Gasteiger partial charge is 0.303 e. The maximum absolute atomic E-state index is 17.2. The quantitative estimate of drug-likeness (QED) is 0.636. The Morgan fingerprint density at radius 2 is 2.07 bits per heavy atom. The van der Waals surface area contributed by atoms with E-state index in [1.54, 1.807) is 23.9 Å². The minimum Gasteiger partial charge on any atom is -0.459 e. The minimum atomic E-state index is -1.70. The zero-order valence-corrected chi connectivity index (χ0v) is 17.2. The predicted molar refractivity (Wildman–Crippen MR) is 105 cm³/mol. The number of allylic oxidation sites excluding steroid dienone is 6. The number of carbonyl (C=O) groups is 2. The van der Waals surface area contributed by atoms with Crippen LogP contribution in [0.4, 0.5) is 4.39 Å². The number of ketones is 1. The number of hydrogen-bond acceptors (Lipinski definition) is 4. The van der Waals surface area contributed by atoms with Gasteiger partial charge in [-0.3, -0.25) is 9.59 Å². The highest BCUT2D eigenvalue weighted by molar-refractivity contribution is 8.02. The van der Waals surface area contributed by atoms with Crippen molar-refractivity contribution in [2.75, 3.05) is 6.26 Å². The van der Waals surface area contributed by atoms with Gasteiger partial charge in [0.2, 0.25) is 0 Å². The highest BCUT2D eigenvalue weighted by Crippen LogP contribution is 2.69. The standard InChI is InChI=1S/C22H27FO3S/c1-13(24)26-18-12-20(2)16(7-8-19(20)27-4)17-6-5-14-11-15(25)9-10-21(14,3)22(17,18)23/h8-11,16-18H,5-7,12H2,1-4H3/t16-,17-,18-,20-,21-,22?/m0/s1. The average Bonchev–Trinajstić information content (AvgIpc) is 2.92.